The molecule has 102 valence electrons. The van der Waals surface area contributed by atoms with Gasteiger partial charge in [-0.2, -0.15) is 10.2 Å². The van der Waals surface area contributed by atoms with Gasteiger partial charge in [0.15, 0.2) is 11.5 Å². The van der Waals surface area contributed by atoms with Crippen molar-refractivity contribution < 1.29 is 14.2 Å². The Morgan fingerprint density at radius 3 is 2.80 bits per heavy atom. The van der Waals surface area contributed by atoms with Crippen LogP contribution in [-0.2, 0) is 0 Å². The first-order valence-corrected chi connectivity index (χ1v) is 5.98. The molecule has 0 fully saturated rings. The molecule has 0 bridgehead atoms. The number of rotatable bonds is 5. The van der Waals surface area contributed by atoms with Crippen LogP contribution in [0, 0.1) is 11.3 Å². The maximum Gasteiger partial charge on any atom is 0.325 e. The number of nitriles is 1. The molecule has 0 aliphatic carbocycles. The predicted molar refractivity (Wildman–Crippen MR) is 71.0 cm³/mol. The molecule has 0 saturated carbocycles. The SMILES string of the molecule is CCOc1cc(C#N)ccc1Oc1nccc(OC)n1. The lowest BCUT2D eigenvalue weighted by Gasteiger charge is -2.10. The summed E-state index contributed by atoms with van der Waals surface area (Å²) in [5, 5.41) is 8.89. The summed E-state index contributed by atoms with van der Waals surface area (Å²) in [6.07, 6.45) is 1.53. The Morgan fingerprint density at radius 2 is 2.10 bits per heavy atom. The largest absolute Gasteiger partial charge is 0.490 e. The summed E-state index contributed by atoms with van der Waals surface area (Å²) in [5.74, 6) is 1.32. The molecule has 1 heterocycles. The van der Waals surface area contributed by atoms with E-state index in [-0.39, 0.29) is 6.01 Å². The minimum Gasteiger partial charge on any atom is -0.490 e. The highest BCUT2D eigenvalue weighted by Gasteiger charge is 2.10. The van der Waals surface area contributed by atoms with Crippen LogP contribution >= 0.6 is 0 Å². The van der Waals surface area contributed by atoms with Crippen LogP contribution in [0.15, 0.2) is 30.5 Å². The molecule has 0 N–H and O–H groups in total. The van der Waals surface area contributed by atoms with Gasteiger partial charge < -0.3 is 14.2 Å². The second-order valence-corrected chi connectivity index (χ2v) is 3.69. The Morgan fingerprint density at radius 1 is 1.25 bits per heavy atom. The molecule has 0 unspecified atom stereocenters. The minimum atomic E-state index is 0.148. The topological polar surface area (TPSA) is 77.3 Å². The quantitative estimate of drug-likeness (QED) is 0.831. The third-order valence-electron chi connectivity index (χ3n) is 2.39. The Balaban J connectivity index is 2.30. The van der Waals surface area contributed by atoms with E-state index >= 15 is 0 Å². The van der Waals surface area contributed by atoms with Crippen LogP contribution in [0.5, 0.6) is 23.4 Å². The summed E-state index contributed by atoms with van der Waals surface area (Å²) in [7, 11) is 1.51. The number of methoxy groups -OCH3 is 1. The van der Waals surface area contributed by atoms with Gasteiger partial charge in [-0.1, -0.05) is 0 Å². The smallest absolute Gasteiger partial charge is 0.325 e. The summed E-state index contributed by atoms with van der Waals surface area (Å²) in [6.45, 7) is 2.31. The second-order valence-electron chi connectivity index (χ2n) is 3.69. The van der Waals surface area contributed by atoms with E-state index in [1.807, 2.05) is 13.0 Å². The molecule has 1 aromatic carbocycles. The van der Waals surface area contributed by atoms with E-state index in [1.165, 1.54) is 13.3 Å². The van der Waals surface area contributed by atoms with Gasteiger partial charge in [0.25, 0.3) is 0 Å². The summed E-state index contributed by atoms with van der Waals surface area (Å²) >= 11 is 0. The van der Waals surface area contributed by atoms with E-state index in [2.05, 4.69) is 9.97 Å². The van der Waals surface area contributed by atoms with Gasteiger partial charge in [-0.15, -0.1) is 0 Å². The van der Waals surface area contributed by atoms with Crippen LogP contribution in [0.25, 0.3) is 0 Å². The third kappa shape index (κ3) is 3.14. The Labute approximate surface area is 116 Å². The molecular formula is C14H13N3O3. The summed E-state index contributed by atoms with van der Waals surface area (Å²) in [5.41, 5.74) is 0.493. The number of ether oxygens (including phenoxy) is 3. The monoisotopic (exact) mass is 271 g/mol. The zero-order valence-electron chi connectivity index (χ0n) is 11.2. The van der Waals surface area contributed by atoms with E-state index in [9.17, 15) is 0 Å². The summed E-state index contributed by atoms with van der Waals surface area (Å²) < 4.78 is 16.0. The molecule has 6 nitrogen and oxygen atoms in total. The highest BCUT2D eigenvalue weighted by Crippen LogP contribution is 2.31. The molecule has 0 spiro atoms. The maximum atomic E-state index is 8.89. The van der Waals surface area contributed by atoms with Crippen LogP contribution < -0.4 is 14.2 Å². The van der Waals surface area contributed by atoms with Gasteiger partial charge in [-0.25, -0.2) is 4.98 Å². The fourth-order valence-electron chi connectivity index (χ4n) is 1.52. The van der Waals surface area contributed by atoms with E-state index in [0.29, 0.717) is 29.5 Å². The average Bonchev–Trinajstić information content (AvgIpc) is 2.49. The van der Waals surface area contributed by atoms with Crippen molar-refractivity contribution in [3.05, 3.63) is 36.0 Å². The molecule has 0 aliphatic heterocycles. The number of hydrogen-bond acceptors (Lipinski definition) is 6. The van der Waals surface area contributed by atoms with Crippen molar-refractivity contribution in [2.75, 3.05) is 13.7 Å². The highest BCUT2D eigenvalue weighted by molar-refractivity contribution is 5.47. The van der Waals surface area contributed by atoms with Crippen molar-refractivity contribution in [3.63, 3.8) is 0 Å². The van der Waals surface area contributed by atoms with Crippen LogP contribution in [0.3, 0.4) is 0 Å². The van der Waals surface area contributed by atoms with Gasteiger partial charge in [0.05, 0.1) is 25.3 Å². The average molecular weight is 271 g/mol. The molecule has 0 atom stereocenters. The van der Waals surface area contributed by atoms with E-state index < -0.39 is 0 Å². The maximum absolute atomic E-state index is 8.89. The molecule has 0 saturated heterocycles. The molecule has 1 aromatic heterocycles. The van der Waals surface area contributed by atoms with E-state index in [4.69, 9.17) is 19.5 Å². The van der Waals surface area contributed by atoms with Gasteiger partial charge in [-0.05, 0) is 19.1 Å². The van der Waals surface area contributed by atoms with E-state index in [1.54, 1.807) is 24.3 Å². The lowest BCUT2D eigenvalue weighted by atomic mass is 10.2. The number of hydrogen-bond donors (Lipinski definition) is 0. The van der Waals surface area contributed by atoms with Crippen molar-refractivity contribution in [2.45, 2.75) is 6.92 Å². The van der Waals surface area contributed by atoms with Crippen LogP contribution in [-0.4, -0.2) is 23.7 Å². The molecular weight excluding hydrogens is 258 g/mol. The fraction of sp³-hybridized carbons (Fsp3) is 0.214. The summed E-state index contributed by atoms with van der Waals surface area (Å²) in [6, 6.07) is 8.71. The predicted octanol–water partition coefficient (Wildman–Crippen LogP) is 2.55. The Hall–Kier alpha value is -2.81. The second kappa shape index (κ2) is 6.38. The molecule has 6 heteroatoms. The zero-order chi connectivity index (χ0) is 14.4. The van der Waals surface area contributed by atoms with Gasteiger partial charge >= 0.3 is 6.01 Å². The number of benzene rings is 1. The normalized spacial score (nSPS) is 9.65. The van der Waals surface area contributed by atoms with Crippen LogP contribution in [0.4, 0.5) is 0 Å². The molecule has 2 aromatic rings. The third-order valence-corrected chi connectivity index (χ3v) is 2.39. The van der Waals surface area contributed by atoms with Gasteiger partial charge in [0.2, 0.25) is 5.88 Å². The molecule has 20 heavy (non-hydrogen) atoms. The van der Waals surface area contributed by atoms with Crippen molar-refractivity contribution in [2.24, 2.45) is 0 Å². The molecule has 0 aliphatic rings. The minimum absolute atomic E-state index is 0.148. The fourth-order valence-corrected chi connectivity index (χ4v) is 1.52. The Bertz CT molecular complexity index is 638. The van der Waals surface area contributed by atoms with Crippen LogP contribution in [0.2, 0.25) is 0 Å². The Kier molecular flexibility index (Phi) is 4.35. The first-order valence-electron chi connectivity index (χ1n) is 5.98. The van der Waals surface area contributed by atoms with Gasteiger partial charge in [0, 0.05) is 18.3 Å². The first-order chi connectivity index (χ1) is 9.76. The van der Waals surface area contributed by atoms with Crippen molar-refractivity contribution in [1.82, 2.24) is 9.97 Å². The van der Waals surface area contributed by atoms with Crippen molar-refractivity contribution in [1.29, 1.82) is 5.26 Å². The molecule has 0 radical (unpaired) electrons. The summed E-state index contributed by atoms with van der Waals surface area (Å²) in [4.78, 5) is 8.05. The van der Waals surface area contributed by atoms with Gasteiger partial charge in [0.1, 0.15) is 0 Å². The first kappa shape index (κ1) is 13.6. The standard InChI is InChI=1S/C14H13N3O3/c1-3-19-12-8-10(9-15)4-5-11(12)20-14-16-7-6-13(17-14)18-2/h4-8H,3H2,1-2H3. The number of nitrogens with zero attached hydrogens (tertiary/aromatic N) is 3. The lowest BCUT2D eigenvalue weighted by molar-refractivity contribution is 0.314. The molecule has 2 rings (SSSR count). The highest BCUT2D eigenvalue weighted by atomic mass is 16.5. The van der Waals surface area contributed by atoms with Crippen molar-refractivity contribution in [3.8, 4) is 29.5 Å². The van der Waals surface area contributed by atoms with Gasteiger partial charge in [-0.3, -0.25) is 0 Å². The number of aromatic nitrogens is 2. The van der Waals surface area contributed by atoms with Crippen LogP contribution in [0.1, 0.15) is 12.5 Å². The lowest BCUT2D eigenvalue weighted by Crippen LogP contribution is -1.98. The van der Waals surface area contributed by atoms with E-state index in [0.717, 1.165) is 0 Å². The molecule has 0 amide bonds. The van der Waals surface area contributed by atoms with Crippen molar-refractivity contribution >= 4 is 0 Å². The zero-order valence-corrected chi connectivity index (χ0v) is 11.2.